The monoisotopic (exact) mass is 425 g/mol. The first-order valence-corrected chi connectivity index (χ1v) is 10.7. The first-order valence-electron chi connectivity index (χ1n) is 10.7. The molecule has 3 heterocycles. The first kappa shape index (κ1) is 21.0. The lowest BCUT2D eigenvalue weighted by Crippen LogP contribution is -2.31. The van der Waals surface area contributed by atoms with Gasteiger partial charge in [0.1, 0.15) is 5.82 Å². The Morgan fingerprint density at radius 2 is 2.03 bits per heavy atom. The van der Waals surface area contributed by atoms with E-state index in [4.69, 9.17) is 9.47 Å². The van der Waals surface area contributed by atoms with Gasteiger partial charge in [-0.3, -0.25) is 9.59 Å². The lowest BCUT2D eigenvalue weighted by Gasteiger charge is -2.17. The van der Waals surface area contributed by atoms with E-state index in [1.807, 2.05) is 0 Å². The summed E-state index contributed by atoms with van der Waals surface area (Å²) in [6.07, 6.45) is 4.96. The minimum atomic E-state index is -0.994. The molecule has 8 nitrogen and oxygen atoms in total. The number of hydrogen-bond acceptors (Lipinski definition) is 6. The maximum Gasteiger partial charge on any atom is 0.312 e. The van der Waals surface area contributed by atoms with Crippen LogP contribution in [0.5, 0.6) is 11.5 Å². The molecule has 1 aromatic carbocycles. The van der Waals surface area contributed by atoms with Crippen molar-refractivity contribution in [2.45, 2.75) is 44.4 Å². The molecule has 0 spiro atoms. The molecule has 8 heteroatoms. The number of nitrogens with zero attached hydrogens (tertiary/aromatic N) is 1. The Balaban J connectivity index is 1.21. The number of amides is 1. The molecule has 0 unspecified atom stereocenters. The topological polar surface area (TPSA) is 110 Å². The number of carbonyl (C=O) groups is 2. The fourth-order valence-electron chi connectivity index (χ4n) is 3.88. The predicted octanol–water partition coefficient (Wildman–Crippen LogP) is 2.87. The zero-order valence-electron chi connectivity index (χ0n) is 17.4. The lowest BCUT2D eigenvalue weighted by atomic mass is 9.98. The summed E-state index contributed by atoms with van der Waals surface area (Å²) in [5, 5.41) is 15.7. The Kier molecular flexibility index (Phi) is 6.54. The van der Waals surface area contributed by atoms with E-state index < -0.39 is 11.9 Å². The largest absolute Gasteiger partial charge is 0.481 e. The quantitative estimate of drug-likeness (QED) is 0.530. The Bertz CT molecular complexity index is 962. The summed E-state index contributed by atoms with van der Waals surface area (Å²) in [5.74, 6) is 0.135. The van der Waals surface area contributed by atoms with Crippen LogP contribution in [0.4, 0.5) is 5.82 Å². The number of aliphatic carboxylic acids is 1. The Hall–Kier alpha value is -3.29. The van der Waals surface area contributed by atoms with Gasteiger partial charge in [0.05, 0.1) is 5.92 Å². The number of aromatic nitrogens is 1. The van der Waals surface area contributed by atoms with Crippen LogP contribution < -0.4 is 20.1 Å². The van der Waals surface area contributed by atoms with E-state index in [1.54, 1.807) is 18.2 Å². The van der Waals surface area contributed by atoms with Gasteiger partial charge in [0, 0.05) is 25.2 Å². The molecule has 0 radical (unpaired) electrons. The normalized spacial score (nSPS) is 15.0. The van der Waals surface area contributed by atoms with Crippen LogP contribution in [-0.4, -0.2) is 41.8 Å². The number of fused-ring (bicyclic) bond motifs is 2. The van der Waals surface area contributed by atoms with E-state index in [9.17, 15) is 14.7 Å². The van der Waals surface area contributed by atoms with Crippen molar-refractivity contribution >= 4 is 17.7 Å². The van der Waals surface area contributed by atoms with Gasteiger partial charge in [-0.05, 0) is 61.4 Å². The number of carboxylic acids is 1. The third-order valence-corrected chi connectivity index (χ3v) is 5.64. The molecule has 164 valence electrons. The number of aryl methyl sites for hydroxylation is 2. The van der Waals surface area contributed by atoms with Gasteiger partial charge in [0.15, 0.2) is 11.5 Å². The van der Waals surface area contributed by atoms with Crippen LogP contribution in [-0.2, 0) is 22.4 Å². The predicted molar refractivity (Wildman–Crippen MR) is 115 cm³/mol. The zero-order chi connectivity index (χ0) is 21.6. The number of carbonyl (C=O) groups excluding carboxylic acids is 1. The highest BCUT2D eigenvalue weighted by Crippen LogP contribution is 2.34. The van der Waals surface area contributed by atoms with Crippen LogP contribution in [0.1, 0.15) is 48.4 Å². The standard InChI is InChI=1S/C23H27N3O5/c27-21(6-2-1-5-17-9-7-15-4-3-11-24-22(15)26-17)25-13-18(23(28)29)16-8-10-19-20(12-16)31-14-30-19/h7-10,12,18H,1-6,11,13-14H2,(H,24,26)(H,25,27)(H,28,29)/t18-/m1/s1. The van der Waals surface area contributed by atoms with E-state index >= 15 is 0 Å². The maximum atomic E-state index is 12.2. The molecular formula is C23H27N3O5. The minimum absolute atomic E-state index is 0.0336. The molecule has 31 heavy (non-hydrogen) atoms. The van der Waals surface area contributed by atoms with Gasteiger partial charge in [0.2, 0.25) is 12.7 Å². The third-order valence-electron chi connectivity index (χ3n) is 5.64. The van der Waals surface area contributed by atoms with Crippen LogP contribution in [0.2, 0.25) is 0 Å². The Labute approximate surface area is 181 Å². The lowest BCUT2D eigenvalue weighted by molar-refractivity contribution is -0.138. The molecule has 2 aliphatic heterocycles. The van der Waals surface area contributed by atoms with Crippen molar-refractivity contribution in [2.75, 3.05) is 25.2 Å². The van der Waals surface area contributed by atoms with Crippen molar-refractivity contribution in [3.8, 4) is 11.5 Å². The van der Waals surface area contributed by atoms with Gasteiger partial charge in [-0.25, -0.2) is 4.98 Å². The number of anilines is 1. The molecule has 2 aliphatic rings. The maximum absolute atomic E-state index is 12.2. The van der Waals surface area contributed by atoms with Crippen LogP contribution in [0.3, 0.4) is 0 Å². The second kappa shape index (κ2) is 9.68. The number of benzene rings is 1. The fourth-order valence-corrected chi connectivity index (χ4v) is 3.88. The van der Waals surface area contributed by atoms with Crippen LogP contribution in [0, 0.1) is 0 Å². The molecule has 0 saturated heterocycles. The fraction of sp³-hybridized carbons (Fsp3) is 0.435. The highest BCUT2D eigenvalue weighted by molar-refractivity contribution is 5.80. The summed E-state index contributed by atoms with van der Waals surface area (Å²) in [4.78, 5) is 28.6. The Morgan fingerprint density at radius 1 is 1.16 bits per heavy atom. The number of nitrogens with one attached hydrogen (secondary N) is 2. The second-order valence-corrected chi connectivity index (χ2v) is 7.86. The molecule has 2 aromatic rings. The summed E-state index contributed by atoms with van der Waals surface area (Å²) in [7, 11) is 0. The van der Waals surface area contributed by atoms with Crippen LogP contribution in [0.15, 0.2) is 30.3 Å². The van der Waals surface area contributed by atoms with Crippen LogP contribution >= 0.6 is 0 Å². The second-order valence-electron chi connectivity index (χ2n) is 7.86. The summed E-state index contributed by atoms with van der Waals surface area (Å²) < 4.78 is 10.6. The molecule has 1 aromatic heterocycles. The molecule has 0 fully saturated rings. The molecule has 0 saturated carbocycles. The van der Waals surface area contributed by atoms with Gasteiger partial charge in [-0.1, -0.05) is 12.1 Å². The summed E-state index contributed by atoms with van der Waals surface area (Å²) in [6, 6.07) is 9.25. The molecular weight excluding hydrogens is 398 g/mol. The minimum Gasteiger partial charge on any atom is -0.481 e. The third kappa shape index (κ3) is 5.25. The van der Waals surface area contributed by atoms with Crippen molar-refractivity contribution in [1.82, 2.24) is 10.3 Å². The zero-order valence-corrected chi connectivity index (χ0v) is 17.4. The summed E-state index contributed by atoms with van der Waals surface area (Å²) >= 11 is 0. The van der Waals surface area contributed by atoms with E-state index in [2.05, 4.69) is 27.8 Å². The molecule has 1 atom stereocenters. The van der Waals surface area contributed by atoms with Crippen LogP contribution in [0.25, 0.3) is 0 Å². The highest BCUT2D eigenvalue weighted by atomic mass is 16.7. The van der Waals surface area contributed by atoms with E-state index in [0.29, 0.717) is 23.5 Å². The van der Waals surface area contributed by atoms with Gasteiger partial charge in [-0.15, -0.1) is 0 Å². The van der Waals surface area contributed by atoms with Crippen molar-refractivity contribution in [2.24, 2.45) is 0 Å². The van der Waals surface area contributed by atoms with E-state index in [1.165, 1.54) is 5.56 Å². The average molecular weight is 425 g/mol. The van der Waals surface area contributed by atoms with Gasteiger partial charge >= 0.3 is 5.97 Å². The number of ether oxygens (including phenoxy) is 2. The van der Waals surface area contributed by atoms with Gasteiger partial charge < -0.3 is 25.2 Å². The van der Waals surface area contributed by atoms with Crippen molar-refractivity contribution in [3.63, 3.8) is 0 Å². The average Bonchev–Trinajstić information content (AvgIpc) is 3.24. The molecule has 0 bridgehead atoms. The highest BCUT2D eigenvalue weighted by Gasteiger charge is 2.23. The van der Waals surface area contributed by atoms with E-state index in [-0.39, 0.29) is 19.2 Å². The van der Waals surface area contributed by atoms with Gasteiger partial charge in [-0.2, -0.15) is 0 Å². The summed E-state index contributed by atoms with van der Waals surface area (Å²) in [6.45, 7) is 1.13. The number of pyridine rings is 1. The number of hydrogen-bond donors (Lipinski definition) is 3. The summed E-state index contributed by atoms with van der Waals surface area (Å²) in [5.41, 5.74) is 2.87. The number of rotatable bonds is 9. The van der Waals surface area contributed by atoms with Crippen molar-refractivity contribution in [3.05, 3.63) is 47.2 Å². The van der Waals surface area contributed by atoms with Crippen molar-refractivity contribution < 1.29 is 24.2 Å². The molecule has 1 amide bonds. The van der Waals surface area contributed by atoms with E-state index in [0.717, 1.165) is 50.2 Å². The molecule has 3 N–H and O–H groups in total. The first-order chi connectivity index (χ1) is 15.1. The number of carboxylic acid groups (broad SMARTS) is 1. The van der Waals surface area contributed by atoms with Crippen molar-refractivity contribution in [1.29, 1.82) is 0 Å². The SMILES string of the molecule is O=C(CCCCc1ccc2c(n1)NCCC2)NC[C@@H](C(=O)O)c1ccc2c(c1)OCO2. The molecule has 0 aliphatic carbocycles. The van der Waals surface area contributed by atoms with Gasteiger partial charge in [0.25, 0.3) is 0 Å². The number of unbranched alkanes of at least 4 members (excludes halogenated alkanes) is 1. The Morgan fingerprint density at radius 3 is 2.90 bits per heavy atom. The molecule has 4 rings (SSSR count). The smallest absolute Gasteiger partial charge is 0.312 e.